The summed E-state index contributed by atoms with van der Waals surface area (Å²) in [4.78, 5) is 20.1. The molecule has 0 aliphatic heterocycles. The number of nitrogens with one attached hydrogen (secondary N) is 1. The molecule has 0 unspecified atom stereocenters. The van der Waals surface area contributed by atoms with E-state index in [4.69, 9.17) is 4.42 Å². The van der Waals surface area contributed by atoms with Gasteiger partial charge in [-0.15, -0.1) is 24.0 Å². The summed E-state index contributed by atoms with van der Waals surface area (Å²) < 4.78 is 5.90. The van der Waals surface area contributed by atoms with Crippen LogP contribution in [0.25, 0.3) is 11.0 Å². The molecule has 1 N–H and O–H groups in total. The number of hydrogen-bond acceptors (Lipinski definition) is 3. The van der Waals surface area contributed by atoms with Gasteiger partial charge in [0.15, 0.2) is 5.96 Å². The fraction of sp³-hybridized carbons (Fsp3) is 0.304. The third-order valence-electron chi connectivity index (χ3n) is 4.72. The summed E-state index contributed by atoms with van der Waals surface area (Å²) in [5.41, 5.74) is 2.71. The van der Waals surface area contributed by atoms with Gasteiger partial charge in [-0.3, -0.25) is 9.79 Å². The normalized spacial score (nSPS) is 11.1. The highest BCUT2D eigenvalue weighted by molar-refractivity contribution is 14.0. The highest BCUT2D eigenvalue weighted by Gasteiger charge is 2.11. The summed E-state index contributed by atoms with van der Waals surface area (Å²) in [6.07, 6.45) is 0.798. The minimum absolute atomic E-state index is 0. The summed E-state index contributed by atoms with van der Waals surface area (Å²) >= 11 is 0. The van der Waals surface area contributed by atoms with Crippen LogP contribution in [0.1, 0.15) is 21.7 Å². The molecule has 3 rings (SSSR count). The molecular formula is C23H29IN4O2. The first kappa shape index (κ1) is 23.7. The average molecular weight is 520 g/mol. The van der Waals surface area contributed by atoms with E-state index in [0.717, 1.165) is 41.2 Å². The number of guanidine groups is 1. The molecule has 1 amide bonds. The summed E-state index contributed by atoms with van der Waals surface area (Å²) in [5, 5.41) is 4.48. The topological polar surface area (TPSA) is 61.1 Å². The standard InChI is InChI=1S/C23H28N4O2.HI/c1-24-23(27(4)16-20-15-18-9-5-6-11-21(18)29-20)25-13-12-17-8-7-10-19(14-17)22(28)26(2)3;/h5-11,14-15H,12-13,16H2,1-4H3,(H,24,25);1H. The Morgan fingerprint density at radius 1 is 1.07 bits per heavy atom. The lowest BCUT2D eigenvalue weighted by molar-refractivity contribution is 0.0827. The van der Waals surface area contributed by atoms with E-state index in [1.165, 1.54) is 0 Å². The van der Waals surface area contributed by atoms with Crippen molar-refractivity contribution in [2.24, 2.45) is 4.99 Å². The number of carbonyl (C=O) groups excluding carboxylic acids is 1. The van der Waals surface area contributed by atoms with Crippen molar-refractivity contribution in [3.63, 3.8) is 0 Å². The molecule has 0 bridgehead atoms. The number of amides is 1. The van der Waals surface area contributed by atoms with Gasteiger partial charge in [-0.2, -0.15) is 0 Å². The van der Waals surface area contributed by atoms with Gasteiger partial charge in [0.25, 0.3) is 5.91 Å². The van der Waals surface area contributed by atoms with Crippen molar-refractivity contribution in [1.29, 1.82) is 0 Å². The Labute approximate surface area is 195 Å². The SMILES string of the molecule is CN=C(NCCc1cccc(C(=O)N(C)C)c1)N(C)Cc1cc2ccccc2o1.I. The number of furan rings is 1. The van der Waals surface area contributed by atoms with Crippen LogP contribution in [0.2, 0.25) is 0 Å². The number of carbonyl (C=O) groups is 1. The fourth-order valence-electron chi connectivity index (χ4n) is 3.24. The van der Waals surface area contributed by atoms with Crippen LogP contribution in [0.3, 0.4) is 0 Å². The first-order valence-corrected chi connectivity index (χ1v) is 9.68. The van der Waals surface area contributed by atoms with Gasteiger partial charge in [-0.1, -0.05) is 30.3 Å². The lowest BCUT2D eigenvalue weighted by Gasteiger charge is -2.21. The Balaban J connectivity index is 0.00000320. The van der Waals surface area contributed by atoms with E-state index < -0.39 is 0 Å². The molecule has 0 aliphatic rings. The zero-order chi connectivity index (χ0) is 20.8. The number of fused-ring (bicyclic) bond motifs is 1. The molecule has 6 nitrogen and oxygen atoms in total. The molecule has 160 valence electrons. The Morgan fingerprint density at radius 3 is 2.53 bits per heavy atom. The second-order valence-electron chi connectivity index (χ2n) is 7.23. The molecular weight excluding hydrogens is 491 g/mol. The summed E-state index contributed by atoms with van der Waals surface area (Å²) in [5.74, 6) is 1.71. The maximum absolute atomic E-state index is 12.1. The van der Waals surface area contributed by atoms with Crippen molar-refractivity contribution in [2.45, 2.75) is 13.0 Å². The maximum Gasteiger partial charge on any atom is 0.253 e. The molecule has 0 fully saturated rings. The molecule has 7 heteroatoms. The Kier molecular flexibility index (Phi) is 8.71. The highest BCUT2D eigenvalue weighted by Crippen LogP contribution is 2.19. The van der Waals surface area contributed by atoms with Crippen LogP contribution in [0, 0.1) is 0 Å². The Bertz CT molecular complexity index is 980. The molecule has 30 heavy (non-hydrogen) atoms. The molecule has 2 aromatic carbocycles. The Hall–Kier alpha value is -2.55. The van der Waals surface area contributed by atoms with Crippen molar-refractivity contribution in [2.75, 3.05) is 34.7 Å². The van der Waals surface area contributed by atoms with Crippen LogP contribution in [-0.2, 0) is 13.0 Å². The van der Waals surface area contributed by atoms with E-state index in [9.17, 15) is 4.79 Å². The molecule has 3 aromatic rings. The number of aliphatic imine (C=N–C) groups is 1. The van der Waals surface area contributed by atoms with Crippen LogP contribution in [-0.4, -0.2) is 56.4 Å². The second-order valence-corrected chi connectivity index (χ2v) is 7.23. The molecule has 1 heterocycles. The first-order valence-electron chi connectivity index (χ1n) is 9.68. The summed E-state index contributed by atoms with van der Waals surface area (Å²) in [6.45, 7) is 1.35. The first-order chi connectivity index (χ1) is 14.0. The van der Waals surface area contributed by atoms with Crippen LogP contribution >= 0.6 is 24.0 Å². The minimum Gasteiger partial charge on any atom is -0.459 e. The van der Waals surface area contributed by atoms with E-state index in [1.807, 2.05) is 60.5 Å². The summed E-state index contributed by atoms with van der Waals surface area (Å²) in [7, 11) is 7.28. The van der Waals surface area contributed by atoms with Crippen molar-refractivity contribution >= 4 is 46.8 Å². The van der Waals surface area contributed by atoms with Crippen LogP contribution < -0.4 is 5.32 Å². The fourth-order valence-corrected chi connectivity index (χ4v) is 3.24. The number of hydrogen-bond donors (Lipinski definition) is 1. The van der Waals surface area contributed by atoms with Crippen LogP contribution in [0.4, 0.5) is 0 Å². The van der Waals surface area contributed by atoms with E-state index in [2.05, 4.69) is 16.4 Å². The molecule has 1 aromatic heterocycles. The third-order valence-corrected chi connectivity index (χ3v) is 4.72. The smallest absolute Gasteiger partial charge is 0.253 e. The largest absolute Gasteiger partial charge is 0.459 e. The van der Waals surface area contributed by atoms with Gasteiger partial charge in [0, 0.05) is 45.7 Å². The van der Waals surface area contributed by atoms with Crippen molar-refractivity contribution in [1.82, 2.24) is 15.1 Å². The molecule has 0 saturated heterocycles. The highest BCUT2D eigenvalue weighted by atomic mass is 127. The number of nitrogens with zero attached hydrogens (tertiary/aromatic N) is 3. The molecule has 0 atom stereocenters. The summed E-state index contributed by atoms with van der Waals surface area (Å²) in [6, 6.07) is 17.8. The van der Waals surface area contributed by atoms with E-state index in [0.29, 0.717) is 12.1 Å². The van der Waals surface area contributed by atoms with E-state index >= 15 is 0 Å². The van der Waals surface area contributed by atoms with Gasteiger partial charge < -0.3 is 19.5 Å². The molecule has 0 radical (unpaired) electrons. The monoisotopic (exact) mass is 520 g/mol. The minimum atomic E-state index is 0. The number of benzene rings is 2. The van der Waals surface area contributed by atoms with Gasteiger partial charge in [0.2, 0.25) is 0 Å². The maximum atomic E-state index is 12.1. The molecule has 0 spiro atoms. The van der Waals surface area contributed by atoms with Gasteiger partial charge in [0.05, 0.1) is 6.54 Å². The van der Waals surface area contributed by atoms with E-state index in [1.54, 1.807) is 26.0 Å². The van der Waals surface area contributed by atoms with E-state index in [-0.39, 0.29) is 29.9 Å². The number of para-hydroxylation sites is 1. The average Bonchev–Trinajstić information content (AvgIpc) is 3.12. The van der Waals surface area contributed by atoms with Gasteiger partial charge >= 0.3 is 0 Å². The lowest BCUT2D eigenvalue weighted by atomic mass is 10.1. The van der Waals surface area contributed by atoms with Crippen LogP contribution in [0.15, 0.2) is 64.0 Å². The molecule has 0 saturated carbocycles. The quantitative estimate of drug-likeness (QED) is 0.303. The Morgan fingerprint density at radius 2 is 1.83 bits per heavy atom. The second kappa shape index (κ2) is 11.0. The predicted octanol–water partition coefficient (Wildman–Crippen LogP) is 4.00. The van der Waals surface area contributed by atoms with Gasteiger partial charge in [-0.25, -0.2) is 0 Å². The number of rotatable bonds is 6. The number of halogens is 1. The lowest BCUT2D eigenvalue weighted by Crippen LogP contribution is -2.39. The van der Waals surface area contributed by atoms with Gasteiger partial charge in [0.1, 0.15) is 11.3 Å². The van der Waals surface area contributed by atoms with Gasteiger partial charge in [-0.05, 0) is 36.2 Å². The third kappa shape index (κ3) is 5.98. The predicted molar refractivity (Wildman–Crippen MR) is 133 cm³/mol. The van der Waals surface area contributed by atoms with Crippen molar-refractivity contribution < 1.29 is 9.21 Å². The van der Waals surface area contributed by atoms with Crippen molar-refractivity contribution in [3.8, 4) is 0 Å². The van der Waals surface area contributed by atoms with Crippen LogP contribution in [0.5, 0.6) is 0 Å². The molecule has 0 aliphatic carbocycles. The zero-order valence-electron chi connectivity index (χ0n) is 17.9. The zero-order valence-corrected chi connectivity index (χ0v) is 20.2. The van der Waals surface area contributed by atoms with Crippen molar-refractivity contribution in [3.05, 3.63) is 71.5 Å².